The van der Waals surface area contributed by atoms with Gasteiger partial charge in [0.15, 0.2) is 5.82 Å². The van der Waals surface area contributed by atoms with Crippen LogP contribution in [-0.4, -0.2) is 16.1 Å². The molecule has 2 amide bonds. The highest BCUT2D eigenvalue weighted by molar-refractivity contribution is 6.53. The molecule has 2 saturated carbocycles. The van der Waals surface area contributed by atoms with Gasteiger partial charge in [-0.15, -0.1) is 23.2 Å². The fourth-order valence-electron chi connectivity index (χ4n) is 3.51. The number of nitrogens with one attached hydrogen (secondary N) is 2. The van der Waals surface area contributed by atoms with Gasteiger partial charge in [-0.25, -0.2) is 13.2 Å². The van der Waals surface area contributed by atoms with Gasteiger partial charge < -0.3 is 10.6 Å². The van der Waals surface area contributed by atoms with Crippen molar-refractivity contribution in [3.8, 4) is 0 Å². The smallest absolute Gasteiger partial charge is 0.231 e. The van der Waals surface area contributed by atoms with Gasteiger partial charge in [-0.3, -0.25) is 9.59 Å². The number of hydrogen-bond donors (Lipinski definition) is 2. The Hall–Kier alpha value is -1.96. The molecule has 2 aliphatic rings. The van der Waals surface area contributed by atoms with Crippen molar-refractivity contribution in [1.82, 2.24) is 5.32 Å². The summed E-state index contributed by atoms with van der Waals surface area (Å²) in [4.78, 5) is 24.5. The molecule has 2 atom stereocenters. The third-order valence-corrected chi connectivity index (χ3v) is 6.70. The van der Waals surface area contributed by atoms with E-state index in [-0.39, 0.29) is 34.6 Å². The van der Waals surface area contributed by atoms with Crippen molar-refractivity contribution in [2.24, 2.45) is 11.8 Å². The minimum Gasteiger partial charge on any atom is -0.352 e. The topological polar surface area (TPSA) is 58.2 Å². The molecule has 2 aromatic rings. The summed E-state index contributed by atoms with van der Waals surface area (Å²) in [6, 6.07) is 5.95. The molecular formula is C21H16Cl3F3N2O2. The van der Waals surface area contributed by atoms with E-state index in [1.807, 2.05) is 0 Å². The maximum atomic E-state index is 14.8. The number of hydrogen-bond acceptors (Lipinski definition) is 2. The van der Waals surface area contributed by atoms with E-state index in [9.17, 15) is 22.8 Å². The maximum Gasteiger partial charge on any atom is 0.231 e. The third kappa shape index (κ3) is 4.36. The highest BCUT2D eigenvalue weighted by Crippen LogP contribution is 2.65. The summed E-state index contributed by atoms with van der Waals surface area (Å²) >= 11 is 18.3. The summed E-state index contributed by atoms with van der Waals surface area (Å²) < 4.78 is 40.8. The molecular weight excluding hydrogens is 476 g/mol. The lowest BCUT2D eigenvalue weighted by Gasteiger charge is -2.12. The Morgan fingerprint density at radius 2 is 1.71 bits per heavy atom. The first-order valence-corrected chi connectivity index (χ1v) is 10.6. The van der Waals surface area contributed by atoms with Gasteiger partial charge in [-0.2, -0.15) is 0 Å². The van der Waals surface area contributed by atoms with Gasteiger partial charge >= 0.3 is 0 Å². The van der Waals surface area contributed by atoms with Crippen LogP contribution in [0.15, 0.2) is 30.3 Å². The highest BCUT2D eigenvalue weighted by atomic mass is 35.5. The van der Waals surface area contributed by atoms with Gasteiger partial charge in [0.1, 0.15) is 16.0 Å². The monoisotopic (exact) mass is 490 g/mol. The summed E-state index contributed by atoms with van der Waals surface area (Å²) in [5.74, 6) is -5.18. The molecule has 0 bridgehead atoms. The van der Waals surface area contributed by atoms with E-state index in [2.05, 4.69) is 10.6 Å². The largest absolute Gasteiger partial charge is 0.352 e. The van der Waals surface area contributed by atoms with E-state index >= 15 is 0 Å². The first kappa shape index (κ1) is 22.2. The van der Waals surface area contributed by atoms with Crippen LogP contribution in [0.2, 0.25) is 5.02 Å². The molecule has 31 heavy (non-hydrogen) atoms. The van der Waals surface area contributed by atoms with Crippen molar-refractivity contribution in [3.05, 3.63) is 63.9 Å². The van der Waals surface area contributed by atoms with Gasteiger partial charge in [0.2, 0.25) is 11.8 Å². The summed E-state index contributed by atoms with van der Waals surface area (Å²) in [7, 11) is 0. The lowest BCUT2D eigenvalue weighted by Crippen LogP contribution is -2.26. The van der Waals surface area contributed by atoms with Gasteiger partial charge in [-0.05, 0) is 42.7 Å². The minimum atomic E-state index is -1.50. The molecule has 0 aromatic heterocycles. The Kier molecular flexibility index (Phi) is 5.87. The summed E-state index contributed by atoms with van der Waals surface area (Å²) in [5, 5.41) is 4.72. The predicted octanol–water partition coefficient (Wildman–Crippen LogP) is 5.31. The van der Waals surface area contributed by atoms with Gasteiger partial charge in [0, 0.05) is 23.9 Å². The number of benzene rings is 2. The second-order valence-corrected chi connectivity index (χ2v) is 9.52. The van der Waals surface area contributed by atoms with Crippen LogP contribution >= 0.6 is 34.8 Å². The molecule has 0 spiro atoms. The number of halogens is 6. The van der Waals surface area contributed by atoms with E-state index in [4.69, 9.17) is 34.8 Å². The summed E-state index contributed by atoms with van der Waals surface area (Å²) in [6.07, 6.45) is 1.51. The van der Waals surface area contributed by atoms with Crippen LogP contribution in [-0.2, 0) is 16.1 Å². The van der Waals surface area contributed by atoms with Crippen molar-refractivity contribution in [2.45, 2.75) is 29.6 Å². The number of alkyl halides is 2. The molecule has 0 aliphatic heterocycles. The van der Waals surface area contributed by atoms with E-state index in [0.29, 0.717) is 5.56 Å². The summed E-state index contributed by atoms with van der Waals surface area (Å²) in [5.41, 5.74) is -0.180. The number of amides is 2. The van der Waals surface area contributed by atoms with Crippen molar-refractivity contribution in [1.29, 1.82) is 0 Å². The van der Waals surface area contributed by atoms with Crippen molar-refractivity contribution < 1.29 is 22.8 Å². The van der Waals surface area contributed by atoms with Crippen LogP contribution in [0.25, 0.3) is 0 Å². The second-order valence-electron chi connectivity index (χ2n) is 7.67. The Morgan fingerprint density at radius 3 is 2.35 bits per heavy atom. The SMILES string of the molecule is O=C(NCc1c(F)ccc(NC(=O)C2C(c3ccc(F)c(Cl)c3)C2(Cl)Cl)c1F)C1CC1. The van der Waals surface area contributed by atoms with Crippen LogP contribution < -0.4 is 10.6 Å². The van der Waals surface area contributed by atoms with Gasteiger partial charge in [0.05, 0.1) is 16.6 Å². The molecule has 10 heteroatoms. The fraction of sp³-hybridized carbons (Fsp3) is 0.333. The van der Waals surface area contributed by atoms with E-state index < -0.39 is 39.5 Å². The Balaban J connectivity index is 1.49. The molecule has 2 aromatic carbocycles. The number of carbonyl (C=O) groups is 2. The molecule has 0 heterocycles. The zero-order valence-corrected chi connectivity index (χ0v) is 18.1. The van der Waals surface area contributed by atoms with Gasteiger partial charge in [-0.1, -0.05) is 17.7 Å². The van der Waals surface area contributed by atoms with E-state index in [1.54, 1.807) is 0 Å². The lowest BCUT2D eigenvalue weighted by atomic mass is 10.1. The normalized spacial score (nSPS) is 21.5. The lowest BCUT2D eigenvalue weighted by molar-refractivity contribution is -0.122. The van der Waals surface area contributed by atoms with Crippen LogP contribution in [0.4, 0.5) is 18.9 Å². The Bertz CT molecular complexity index is 1080. The quantitative estimate of drug-likeness (QED) is 0.538. The van der Waals surface area contributed by atoms with Crippen LogP contribution in [0, 0.1) is 29.3 Å². The van der Waals surface area contributed by atoms with Crippen LogP contribution in [0.3, 0.4) is 0 Å². The molecule has 4 rings (SSSR count). The van der Waals surface area contributed by atoms with E-state index in [1.165, 1.54) is 12.1 Å². The Labute approximate surface area is 191 Å². The first-order chi connectivity index (χ1) is 14.6. The van der Waals surface area contributed by atoms with Crippen LogP contribution in [0.5, 0.6) is 0 Å². The Morgan fingerprint density at radius 1 is 1.03 bits per heavy atom. The first-order valence-electron chi connectivity index (χ1n) is 9.49. The third-order valence-electron chi connectivity index (χ3n) is 5.47. The average molecular weight is 492 g/mol. The van der Waals surface area contributed by atoms with Crippen LogP contribution in [0.1, 0.15) is 29.9 Å². The van der Waals surface area contributed by atoms with Crippen molar-refractivity contribution in [3.63, 3.8) is 0 Å². The minimum absolute atomic E-state index is 0.110. The molecule has 0 radical (unpaired) electrons. The molecule has 164 valence electrons. The summed E-state index contributed by atoms with van der Waals surface area (Å²) in [6.45, 7) is -0.341. The molecule has 2 N–H and O–H groups in total. The standard InChI is InChI=1S/C21H16Cl3F3N2O2/c22-12-7-10(3-4-14(12)26)16-17(21(16,23)24)20(31)29-15-6-5-13(25)11(18(15)27)8-28-19(30)9-1-2-9/h3-7,9,16-17H,1-2,8H2,(H,28,30)(H,29,31). The second kappa shape index (κ2) is 8.19. The highest BCUT2D eigenvalue weighted by Gasteiger charge is 2.67. The molecule has 2 unspecified atom stereocenters. The van der Waals surface area contributed by atoms with E-state index in [0.717, 1.165) is 31.0 Å². The number of anilines is 1. The molecule has 0 saturated heterocycles. The fourth-order valence-corrected chi connectivity index (χ4v) is 4.52. The van der Waals surface area contributed by atoms with Gasteiger partial charge in [0.25, 0.3) is 0 Å². The average Bonchev–Trinajstić information content (AvgIpc) is 3.62. The molecule has 2 fully saturated rings. The number of carbonyl (C=O) groups excluding carboxylic acids is 2. The number of rotatable bonds is 6. The molecule has 4 nitrogen and oxygen atoms in total. The van der Waals surface area contributed by atoms with Crippen molar-refractivity contribution in [2.75, 3.05) is 5.32 Å². The zero-order chi connectivity index (χ0) is 22.5. The zero-order valence-electron chi connectivity index (χ0n) is 15.8. The van der Waals surface area contributed by atoms with Crippen molar-refractivity contribution >= 4 is 52.3 Å². The maximum absolute atomic E-state index is 14.8. The predicted molar refractivity (Wildman–Crippen MR) is 112 cm³/mol. The molecule has 2 aliphatic carbocycles.